The third-order valence-electron chi connectivity index (χ3n) is 4.65. The van der Waals surface area contributed by atoms with E-state index < -0.39 is 29.0 Å². The van der Waals surface area contributed by atoms with Crippen molar-refractivity contribution in [2.45, 2.75) is 19.9 Å². The first kappa shape index (κ1) is 19.6. The first-order chi connectivity index (χ1) is 14.4. The van der Waals surface area contributed by atoms with Crippen molar-refractivity contribution in [1.82, 2.24) is 14.8 Å². The summed E-state index contributed by atoms with van der Waals surface area (Å²) in [5.74, 6) is -5.13. The molecule has 30 heavy (non-hydrogen) atoms. The number of aromatic nitrogens is 3. The maximum absolute atomic E-state index is 14.0. The summed E-state index contributed by atoms with van der Waals surface area (Å²) in [5.41, 5.74) is 1.53. The molecule has 4 aromatic rings. The molecule has 1 N–H and O–H groups in total. The van der Waals surface area contributed by atoms with Crippen LogP contribution in [0.15, 0.2) is 54.7 Å². The lowest BCUT2D eigenvalue weighted by atomic mass is 10.1. The lowest BCUT2D eigenvalue weighted by molar-refractivity contribution is 0.102. The molecule has 0 radical (unpaired) electrons. The van der Waals surface area contributed by atoms with Gasteiger partial charge in [-0.2, -0.15) is 5.10 Å². The van der Waals surface area contributed by atoms with Gasteiger partial charge in [0.1, 0.15) is 0 Å². The number of anilines is 1. The van der Waals surface area contributed by atoms with Gasteiger partial charge >= 0.3 is 0 Å². The Morgan fingerprint density at radius 1 is 1.03 bits per heavy atom. The molecule has 0 aliphatic rings. The third kappa shape index (κ3) is 3.41. The van der Waals surface area contributed by atoms with E-state index in [-0.39, 0.29) is 11.6 Å². The quantitative estimate of drug-likeness (QED) is 0.462. The molecule has 1 amide bonds. The van der Waals surface area contributed by atoms with Crippen LogP contribution in [-0.4, -0.2) is 20.7 Å². The molecule has 0 saturated carbocycles. The number of carbonyl (C=O) groups excluding carboxylic acids is 1. The Hall–Kier alpha value is -3.68. The molecule has 0 aliphatic heterocycles. The second-order valence-electron chi connectivity index (χ2n) is 7.02. The van der Waals surface area contributed by atoms with E-state index in [0.717, 1.165) is 17.7 Å². The molecule has 8 heteroatoms. The summed E-state index contributed by atoms with van der Waals surface area (Å²) in [6, 6.07) is 12.5. The van der Waals surface area contributed by atoms with Crippen LogP contribution >= 0.6 is 0 Å². The molecular formula is C22H17F3N4O. The highest BCUT2D eigenvalue weighted by Gasteiger charge is 2.21. The highest BCUT2D eigenvalue weighted by molar-refractivity contribution is 6.12. The van der Waals surface area contributed by atoms with Gasteiger partial charge in [-0.05, 0) is 32.0 Å². The monoisotopic (exact) mass is 410 g/mol. The maximum atomic E-state index is 14.0. The predicted molar refractivity (Wildman–Crippen MR) is 108 cm³/mol. The lowest BCUT2D eigenvalue weighted by Gasteiger charge is -2.12. The molecule has 0 spiro atoms. The number of amides is 1. The standard InChI is InChI=1S/C22H17F3N4O/c1-12(2)29-21-15(11-26-29)14(10-18(27-21)13-6-4-3-5-7-13)22(30)28-17-9-8-16(23)19(24)20(17)25/h3-12H,1-2H3,(H,28,30). The fourth-order valence-corrected chi connectivity index (χ4v) is 3.15. The molecule has 0 bridgehead atoms. The Labute approximate surface area is 170 Å². The fraction of sp³-hybridized carbons (Fsp3) is 0.136. The number of carbonyl (C=O) groups is 1. The van der Waals surface area contributed by atoms with E-state index in [2.05, 4.69) is 15.4 Å². The zero-order chi connectivity index (χ0) is 21.4. The molecular weight excluding hydrogens is 393 g/mol. The van der Waals surface area contributed by atoms with Crippen LogP contribution < -0.4 is 5.32 Å². The third-order valence-corrected chi connectivity index (χ3v) is 4.65. The van der Waals surface area contributed by atoms with Crippen molar-refractivity contribution in [3.8, 4) is 11.3 Å². The highest BCUT2D eigenvalue weighted by Crippen LogP contribution is 2.28. The summed E-state index contributed by atoms with van der Waals surface area (Å²) in [4.78, 5) is 17.6. The van der Waals surface area contributed by atoms with Gasteiger partial charge in [-0.25, -0.2) is 22.8 Å². The largest absolute Gasteiger partial charge is 0.319 e. The van der Waals surface area contributed by atoms with Crippen molar-refractivity contribution in [2.75, 3.05) is 5.32 Å². The topological polar surface area (TPSA) is 59.8 Å². The van der Waals surface area contributed by atoms with Crippen molar-refractivity contribution in [1.29, 1.82) is 0 Å². The summed E-state index contributed by atoms with van der Waals surface area (Å²) >= 11 is 0. The molecule has 0 unspecified atom stereocenters. The van der Waals surface area contributed by atoms with E-state index in [9.17, 15) is 18.0 Å². The van der Waals surface area contributed by atoms with Crippen molar-refractivity contribution in [3.05, 3.63) is 77.7 Å². The van der Waals surface area contributed by atoms with Gasteiger partial charge < -0.3 is 5.32 Å². The average molecular weight is 410 g/mol. The Bertz CT molecular complexity index is 1250. The van der Waals surface area contributed by atoms with Crippen LogP contribution in [0.25, 0.3) is 22.3 Å². The normalized spacial score (nSPS) is 11.3. The van der Waals surface area contributed by atoms with Crippen LogP contribution in [0.1, 0.15) is 30.2 Å². The number of pyridine rings is 1. The van der Waals surface area contributed by atoms with Gasteiger partial charge in [-0.1, -0.05) is 30.3 Å². The van der Waals surface area contributed by atoms with Crippen molar-refractivity contribution >= 4 is 22.6 Å². The van der Waals surface area contributed by atoms with Gasteiger partial charge in [0.15, 0.2) is 23.1 Å². The molecule has 2 heterocycles. The minimum atomic E-state index is -1.65. The minimum absolute atomic E-state index is 0.0134. The number of hydrogen-bond acceptors (Lipinski definition) is 3. The zero-order valence-corrected chi connectivity index (χ0v) is 16.2. The van der Waals surface area contributed by atoms with Gasteiger partial charge in [0, 0.05) is 11.6 Å². The van der Waals surface area contributed by atoms with Crippen LogP contribution in [-0.2, 0) is 0 Å². The Morgan fingerprint density at radius 3 is 2.47 bits per heavy atom. The molecule has 0 fully saturated rings. The fourth-order valence-electron chi connectivity index (χ4n) is 3.15. The number of halogens is 3. The Balaban J connectivity index is 1.85. The van der Waals surface area contributed by atoms with Crippen LogP contribution in [0.2, 0.25) is 0 Å². The van der Waals surface area contributed by atoms with Gasteiger partial charge in [-0.15, -0.1) is 0 Å². The van der Waals surface area contributed by atoms with Crippen molar-refractivity contribution < 1.29 is 18.0 Å². The summed E-state index contributed by atoms with van der Waals surface area (Å²) in [5, 5.41) is 7.09. The summed E-state index contributed by atoms with van der Waals surface area (Å²) < 4.78 is 42.5. The summed E-state index contributed by atoms with van der Waals surface area (Å²) in [6.07, 6.45) is 1.51. The van der Waals surface area contributed by atoms with E-state index in [0.29, 0.717) is 16.7 Å². The van der Waals surface area contributed by atoms with Gasteiger partial charge in [0.05, 0.1) is 28.5 Å². The number of benzene rings is 2. The van der Waals surface area contributed by atoms with Gasteiger partial charge in [-0.3, -0.25) is 4.79 Å². The smallest absolute Gasteiger partial charge is 0.256 e. The minimum Gasteiger partial charge on any atom is -0.319 e. The number of rotatable bonds is 4. The van der Waals surface area contributed by atoms with Crippen molar-refractivity contribution in [2.24, 2.45) is 0 Å². The highest BCUT2D eigenvalue weighted by atomic mass is 19.2. The van der Waals surface area contributed by atoms with Gasteiger partial charge in [0.2, 0.25) is 0 Å². The van der Waals surface area contributed by atoms with Crippen molar-refractivity contribution in [3.63, 3.8) is 0 Å². The first-order valence-corrected chi connectivity index (χ1v) is 9.25. The molecule has 2 aromatic carbocycles. The second kappa shape index (κ2) is 7.62. The number of nitrogens with zero attached hydrogens (tertiary/aromatic N) is 3. The van der Waals surface area contributed by atoms with Crippen LogP contribution in [0.5, 0.6) is 0 Å². The SMILES string of the molecule is CC(C)n1ncc2c(C(=O)Nc3ccc(F)c(F)c3F)cc(-c3ccccc3)nc21. The van der Waals surface area contributed by atoms with E-state index in [4.69, 9.17) is 0 Å². The molecule has 4 rings (SSSR count). The lowest BCUT2D eigenvalue weighted by Crippen LogP contribution is -2.15. The van der Waals surface area contributed by atoms with Crippen LogP contribution in [0.4, 0.5) is 18.9 Å². The van der Waals surface area contributed by atoms with E-state index in [1.165, 1.54) is 6.20 Å². The number of nitrogens with one attached hydrogen (secondary N) is 1. The molecule has 152 valence electrons. The Kier molecular flexibility index (Phi) is 4.99. The van der Waals surface area contributed by atoms with E-state index in [1.54, 1.807) is 10.7 Å². The van der Waals surface area contributed by atoms with Gasteiger partial charge in [0.25, 0.3) is 5.91 Å². The Morgan fingerprint density at radius 2 is 1.77 bits per heavy atom. The van der Waals surface area contributed by atoms with Crippen LogP contribution in [0.3, 0.4) is 0 Å². The number of hydrogen-bond donors (Lipinski definition) is 1. The first-order valence-electron chi connectivity index (χ1n) is 9.25. The zero-order valence-electron chi connectivity index (χ0n) is 16.2. The van der Waals surface area contributed by atoms with E-state index in [1.807, 2.05) is 44.2 Å². The molecule has 0 saturated heterocycles. The summed E-state index contributed by atoms with van der Waals surface area (Å²) in [7, 11) is 0. The van der Waals surface area contributed by atoms with Crippen LogP contribution in [0, 0.1) is 17.5 Å². The molecule has 5 nitrogen and oxygen atoms in total. The second-order valence-corrected chi connectivity index (χ2v) is 7.02. The van der Waals surface area contributed by atoms with E-state index >= 15 is 0 Å². The molecule has 0 atom stereocenters. The average Bonchev–Trinajstić information content (AvgIpc) is 3.18. The maximum Gasteiger partial charge on any atom is 0.256 e. The number of fused-ring (bicyclic) bond motifs is 1. The molecule has 2 aromatic heterocycles. The summed E-state index contributed by atoms with van der Waals surface area (Å²) in [6.45, 7) is 3.86. The molecule has 0 aliphatic carbocycles. The predicted octanol–water partition coefficient (Wildman–Crippen LogP) is 5.35.